The molecule has 8 heteroatoms. The maximum Gasteiger partial charge on any atom is 0.233 e. The van der Waals surface area contributed by atoms with Crippen LogP contribution >= 0.6 is 0 Å². The molecule has 1 aromatic heterocycles. The van der Waals surface area contributed by atoms with E-state index >= 15 is 0 Å². The molecule has 0 spiro atoms. The molecule has 19 heavy (non-hydrogen) atoms. The van der Waals surface area contributed by atoms with E-state index in [1.54, 1.807) is 0 Å². The average Bonchev–Trinajstić information content (AvgIpc) is 2.39. The molecule has 8 nitrogen and oxygen atoms in total. The molecule has 0 aliphatic carbocycles. The average molecular weight is 260 g/mol. The minimum Gasteiger partial charge on any atom is -0.368 e. The van der Waals surface area contributed by atoms with Crippen LogP contribution in [0.5, 0.6) is 0 Å². The van der Waals surface area contributed by atoms with Crippen molar-refractivity contribution in [2.75, 3.05) is 41.7 Å². The Labute approximate surface area is 112 Å². The Kier molecular flexibility index (Phi) is 5.30. The van der Waals surface area contributed by atoms with Gasteiger partial charge >= 0.3 is 0 Å². The fraction of sp³-hybridized carbons (Fsp3) is 0.545. The quantitative estimate of drug-likeness (QED) is 0.718. The van der Waals surface area contributed by atoms with Crippen molar-refractivity contribution in [1.29, 1.82) is 10.5 Å². The smallest absolute Gasteiger partial charge is 0.233 e. The fourth-order valence-corrected chi connectivity index (χ4v) is 1.53. The Morgan fingerprint density at radius 1 is 0.947 bits per heavy atom. The number of hydrogen-bond donors (Lipinski definition) is 1. The van der Waals surface area contributed by atoms with Crippen LogP contribution in [0.15, 0.2) is 0 Å². The Balaban J connectivity index is 3.14. The van der Waals surface area contributed by atoms with Crippen molar-refractivity contribution in [3.63, 3.8) is 0 Å². The second kappa shape index (κ2) is 6.97. The molecule has 0 radical (unpaired) electrons. The van der Waals surface area contributed by atoms with Gasteiger partial charge in [0.2, 0.25) is 17.8 Å². The van der Waals surface area contributed by atoms with Gasteiger partial charge in [0.05, 0.1) is 12.1 Å². The molecule has 0 unspecified atom stereocenters. The first-order valence-corrected chi connectivity index (χ1v) is 5.91. The largest absolute Gasteiger partial charge is 0.368 e. The lowest BCUT2D eigenvalue weighted by Crippen LogP contribution is -2.29. The topological polar surface area (TPSA) is 119 Å². The van der Waals surface area contributed by atoms with E-state index in [9.17, 15) is 0 Å². The second-order valence-corrected chi connectivity index (χ2v) is 3.64. The summed E-state index contributed by atoms with van der Waals surface area (Å²) in [6.45, 7) is 5.46. The second-order valence-electron chi connectivity index (χ2n) is 3.64. The van der Waals surface area contributed by atoms with Gasteiger partial charge in [-0.2, -0.15) is 25.5 Å². The molecule has 1 rings (SSSR count). The highest BCUT2D eigenvalue weighted by molar-refractivity contribution is 5.44. The van der Waals surface area contributed by atoms with E-state index in [2.05, 4.69) is 15.0 Å². The molecule has 1 aromatic rings. The normalized spacial score (nSPS) is 9.47. The summed E-state index contributed by atoms with van der Waals surface area (Å²) >= 11 is 0. The molecule has 0 saturated carbocycles. The highest BCUT2D eigenvalue weighted by Gasteiger charge is 2.14. The molecule has 0 fully saturated rings. The van der Waals surface area contributed by atoms with E-state index in [-0.39, 0.29) is 25.0 Å². The Bertz CT molecular complexity index is 480. The van der Waals surface area contributed by atoms with Gasteiger partial charge in [-0.15, -0.1) is 0 Å². The first-order chi connectivity index (χ1) is 9.15. The van der Waals surface area contributed by atoms with Crippen LogP contribution in [-0.2, 0) is 0 Å². The van der Waals surface area contributed by atoms with Gasteiger partial charge in [-0.1, -0.05) is 0 Å². The lowest BCUT2D eigenvalue weighted by molar-refractivity contribution is 0.800. The number of nitriles is 2. The lowest BCUT2D eigenvalue weighted by Gasteiger charge is -2.21. The molecule has 0 bridgehead atoms. The number of anilines is 3. The maximum atomic E-state index is 8.75. The fourth-order valence-electron chi connectivity index (χ4n) is 1.53. The Hall–Kier alpha value is -2.61. The van der Waals surface area contributed by atoms with Gasteiger partial charge in [0.15, 0.2) is 0 Å². The summed E-state index contributed by atoms with van der Waals surface area (Å²) in [5.74, 6) is 0.777. The van der Waals surface area contributed by atoms with Gasteiger partial charge in [-0.3, -0.25) is 0 Å². The molecule has 0 atom stereocenters. The minimum atomic E-state index is 0.0225. The molecular weight excluding hydrogens is 244 g/mol. The van der Waals surface area contributed by atoms with Crippen LogP contribution in [0.1, 0.15) is 13.8 Å². The van der Waals surface area contributed by atoms with Crippen LogP contribution in [0.25, 0.3) is 0 Å². The lowest BCUT2D eigenvalue weighted by atomic mass is 10.5. The van der Waals surface area contributed by atoms with Crippen LogP contribution in [-0.4, -0.2) is 41.1 Å². The van der Waals surface area contributed by atoms with Crippen molar-refractivity contribution >= 4 is 17.8 Å². The molecule has 0 aromatic carbocycles. The van der Waals surface area contributed by atoms with Crippen molar-refractivity contribution < 1.29 is 0 Å². The number of nitrogen functional groups attached to an aromatic ring is 1. The highest BCUT2D eigenvalue weighted by Crippen LogP contribution is 2.14. The zero-order valence-corrected chi connectivity index (χ0v) is 11.0. The van der Waals surface area contributed by atoms with Gasteiger partial charge in [0.1, 0.15) is 13.1 Å². The third-order valence-corrected chi connectivity index (χ3v) is 2.48. The third-order valence-electron chi connectivity index (χ3n) is 2.48. The monoisotopic (exact) mass is 260 g/mol. The van der Waals surface area contributed by atoms with E-state index in [0.717, 1.165) is 13.1 Å². The SMILES string of the molecule is CCN(CC)c1nc(N)nc(N(CC#N)CC#N)n1. The van der Waals surface area contributed by atoms with Gasteiger partial charge in [-0.05, 0) is 13.8 Å². The van der Waals surface area contributed by atoms with Crippen LogP contribution in [0.3, 0.4) is 0 Å². The Morgan fingerprint density at radius 2 is 1.42 bits per heavy atom. The molecule has 0 saturated heterocycles. The number of aromatic nitrogens is 3. The van der Waals surface area contributed by atoms with Gasteiger partial charge in [0, 0.05) is 13.1 Å². The summed E-state index contributed by atoms with van der Waals surface area (Å²) in [5.41, 5.74) is 5.66. The summed E-state index contributed by atoms with van der Waals surface area (Å²) in [6, 6.07) is 3.93. The highest BCUT2D eigenvalue weighted by atomic mass is 15.3. The van der Waals surface area contributed by atoms with Crippen LogP contribution in [0.4, 0.5) is 17.8 Å². The number of nitrogens with zero attached hydrogens (tertiary/aromatic N) is 7. The van der Waals surface area contributed by atoms with Crippen molar-refractivity contribution in [2.24, 2.45) is 0 Å². The van der Waals surface area contributed by atoms with Crippen molar-refractivity contribution in [2.45, 2.75) is 13.8 Å². The maximum absolute atomic E-state index is 8.75. The third kappa shape index (κ3) is 3.68. The number of nitrogens with two attached hydrogens (primary N) is 1. The van der Waals surface area contributed by atoms with E-state index < -0.39 is 0 Å². The van der Waals surface area contributed by atoms with Crippen molar-refractivity contribution in [3.05, 3.63) is 0 Å². The van der Waals surface area contributed by atoms with Crippen LogP contribution < -0.4 is 15.5 Å². The van der Waals surface area contributed by atoms with Crippen LogP contribution in [0, 0.1) is 22.7 Å². The summed E-state index contributed by atoms with van der Waals surface area (Å²) in [7, 11) is 0. The van der Waals surface area contributed by atoms with E-state index in [1.807, 2.05) is 30.9 Å². The molecule has 0 aliphatic heterocycles. The number of rotatable bonds is 6. The predicted molar refractivity (Wildman–Crippen MR) is 71.2 cm³/mol. The van der Waals surface area contributed by atoms with E-state index in [1.165, 1.54) is 4.90 Å². The van der Waals surface area contributed by atoms with Gasteiger partial charge < -0.3 is 15.5 Å². The minimum absolute atomic E-state index is 0.0225. The standard InChI is InChI=1S/C11H16N8/c1-3-18(4-2)10-15-9(14)16-11(17-10)19(7-5-12)8-6-13/h3-4,7-8H2,1-2H3,(H2,14,15,16,17). The summed E-state index contributed by atoms with van der Waals surface area (Å²) in [6.07, 6.45) is 0. The molecular formula is C11H16N8. The molecule has 1 heterocycles. The Morgan fingerprint density at radius 3 is 1.84 bits per heavy atom. The molecule has 0 amide bonds. The molecule has 100 valence electrons. The number of hydrogen-bond acceptors (Lipinski definition) is 8. The first kappa shape index (κ1) is 14.5. The van der Waals surface area contributed by atoms with Gasteiger partial charge in [-0.25, -0.2) is 0 Å². The summed E-state index contributed by atoms with van der Waals surface area (Å²) in [4.78, 5) is 15.7. The summed E-state index contributed by atoms with van der Waals surface area (Å²) < 4.78 is 0. The van der Waals surface area contributed by atoms with Crippen molar-refractivity contribution in [1.82, 2.24) is 15.0 Å². The van der Waals surface area contributed by atoms with Crippen molar-refractivity contribution in [3.8, 4) is 12.1 Å². The predicted octanol–water partition coefficient (Wildman–Crippen LogP) is 0.154. The summed E-state index contributed by atoms with van der Waals surface area (Å²) in [5, 5.41) is 17.5. The van der Waals surface area contributed by atoms with E-state index in [4.69, 9.17) is 16.3 Å². The van der Waals surface area contributed by atoms with Gasteiger partial charge in [0.25, 0.3) is 0 Å². The zero-order valence-electron chi connectivity index (χ0n) is 11.0. The molecule has 0 aliphatic rings. The first-order valence-electron chi connectivity index (χ1n) is 5.91. The zero-order chi connectivity index (χ0) is 14.3. The van der Waals surface area contributed by atoms with E-state index in [0.29, 0.717) is 5.95 Å². The molecule has 2 N–H and O–H groups in total. The van der Waals surface area contributed by atoms with Crippen LogP contribution in [0.2, 0.25) is 0 Å².